The van der Waals surface area contributed by atoms with Gasteiger partial charge in [0.2, 0.25) is 0 Å². The summed E-state index contributed by atoms with van der Waals surface area (Å²) in [4.78, 5) is 9.39. The summed E-state index contributed by atoms with van der Waals surface area (Å²) in [6.45, 7) is 6.31. The minimum Gasteiger partial charge on any atom is -0.373 e. The highest BCUT2D eigenvalue weighted by atomic mass is 15.0. The first-order valence-electron chi connectivity index (χ1n) is 7.12. The summed E-state index contributed by atoms with van der Waals surface area (Å²) in [6.07, 6.45) is 0. The van der Waals surface area contributed by atoms with Crippen LogP contribution in [0, 0.1) is 20.8 Å². The number of aromatic nitrogens is 2. The fraction of sp³-hybridized carbons (Fsp3) is 0.222. The van der Waals surface area contributed by atoms with Crippen LogP contribution in [0.4, 0.5) is 5.82 Å². The Bertz CT molecular complexity index is 822. The molecule has 0 unspecified atom stereocenters. The van der Waals surface area contributed by atoms with Gasteiger partial charge in [0.15, 0.2) is 5.82 Å². The van der Waals surface area contributed by atoms with Gasteiger partial charge in [-0.05, 0) is 50.1 Å². The summed E-state index contributed by atoms with van der Waals surface area (Å²) < 4.78 is 0. The van der Waals surface area contributed by atoms with Gasteiger partial charge in [-0.15, -0.1) is 0 Å². The molecular weight excluding hydrogens is 258 g/mol. The van der Waals surface area contributed by atoms with Crippen LogP contribution in [0.1, 0.15) is 16.7 Å². The topological polar surface area (TPSA) is 37.8 Å². The maximum Gasteiger partial charge on any atom is 0.162 e. The second-order valence-electron chi connectivity index (χ2n) is 5.47. The molecule has 21 heavy (non-hydrogen) atoms. The molecule has 3 heteroatoms. The lowest BCUT2D eigenvalue weighted by atomic mass is 10.1. The van der Waals surface area contributed by atoms with E-state index in [0.29, 0.717) is 0 Å². The first-order valence-corrected chi connectivity index (χ1v) is 7.12. The summed E-state index contributed by atoms with van der Waals surface area (Å²) >= 11 is 0. The average Bonchev–Trinajstić information content (AvgIpc) is 2.49. The number of fused-ring (bicyclic) bond motifs is 1. The lowest BCUT2D eigenvalue weighted by Gasteiger charge is -2.10. The van der Waals surface area contributed by atoms with Crippen LogP contribution in [-0.2, 0) is 0 Å². The Kier molecular flexibility index (Phi) is 3.34. The molecule has 106 valence electrons. The number of hydrogen-bond donors (Lipinski definition) is 1. The Hall–Kier alpha value is -2.42. The second kappa shape index (κ2) is 5.17. The van der Waals surface area contributed by atoms with Gasteiger partial charge in [0.25, 0.3) is 0 Å². The van der Waals surface area contributed by atoms with Gasteiger partial charge in [0.05, 0.1) is 5.52 Å². The van der Waals surface area contributed by atoms with Crippen LogP contribution in [-0.4, -0.2) is 17.0 Å². The number of nitrogens with zero attached hydrogens (tertiary/aromatic N) is 2. The van der Waals surface area contributed by atoms with E-state index < -0.39 is 0 Å². The zero-order chi connectivity index (χ0) is 15.0. The predicted octanol–water partition coefficient (Wildman–Crippen LogP) is 4.26. The van der Waals surface area contributed by atoms with E-state index in [4.69, 9.17) is 4.98 Å². The molecule has 3 rings (SSSR count). The average molecular weight is 277 g/mol. The molecule has 0 aliphatic carbocycles. The highest BCUT2D eigenvalue weighted by Crippen LogP contribution is 2.26. The van der Waals surface area contributed by atoms with Gasteiger partial charge >= 0.3 is 0 Å². The minimum absolute atomic E-state index is 0.763. The van der Waals surface area contributed by atoms with E-state index >= 15 is 0 Å². The van der Waals surface area contributed by atoms with Crippen LogP contribution in [0.25, 0.3) is 22.3 Å². The fourth-order valence-electron chi connectivity index (χ4n) is 2.44. The van der Waals surface area contributed by atoms with E-state index in [-0.39, 0.29) is 0 Å². The number of benzene rings is 2. The predicted molar refractivity (Wildman–Crippen MR) is 88.7 cm³/mol. The summed E-state index contributed by atoms with van der Waals surface area (Å²) in [6, 6.07) is 12.6. The van der Waals surface area contributed by atoms with Crippen LogP contribution in [0.5, 0.6) is 0 Å². The van der Waals surface area contributed by atoms with Crippen molar-refractivity contribution < 1.29 is 0 Å². The van der Waals surface area contributed by atoms with Crippen molar-refractivity contribution in [1.82, 2.24) is 9.97 Å². The monoisotopic (exact) mass is 277 g/mol. The molecule has 0 bridgehead atoms. The van der Waals surface area contributed by atoms with Crippen molar-refractivity contribution in [1.29, 1.82) is 0 Å². The van der Waals surface area contributed by atoms with Crippen molar-refractivity contribution in [3.8, 4) is 11.4 Å². The van der Waals surface area contributed by atoms with E-state index in [1.165, 1.54) is 16.7 Å². The molecule has 0 spiro atoms. The van der Waals surface area contributed by atoms with Crippen LogP contribution in [0.15, 0.2) is 36.4 Å². The number of aryl methyl sites for hydroxylation is 3. The van der Waals surface area contributed by atoms with Gasteiger partial charge in [-0.2, -0.15) is 0 Å². The van der Waals surface area contributed by atoms with Crippen LogP contribution in [0.3, 0.4) is 0 Å². The molecule has 1 N–H and O–H groups in total. The molecule has 2 aromatic carbocycles. The number of anilines is 1. The third-order valence-electron chi connectivity index (χ3n) is 3.85. The minimum atomic E-state index is 0.763. The van der Waals surface area contributed by atoms with Gasteiger partial charge in [-0.1, -0.05) is 23.8 Å². The highest BCUT2D eigenvalue weighted by Gasteiger charge is 2.09. The van der Waals surface area contributed by atoms with Crippen LogP contribution in [0.2, 0.25) is 0 Å². The summed E-state index contributed by atoms with van der Waals surface area (Å²) in [5, 5.41) is 4.24. The van der Waals surface area contributed by atoms with Crippen molar-refractivity contribution in [2.45, 2.75) is 20.8 Å². The molecule has 3 nitrogen and oxygen atoms in total. The SMILES string of the molecule is CNc1nc(-c2ccc(C)c(C)c2)nc2ccc(C)cc12. The van der Waals surface area contributed by atoms with Gasteiger partial charge in [0, 0.05) is 18.0 Å². The summed E-state index contributed by atoms with van der Waals surface area (Å²) in [5.41, 5.74) is 5.77. The Morgan fingerprint density at radius 3 is 2.38 bits per heavy atom. The Balaban J connectivity index is 2.23. The smallest absolute Gasteiger partial charge is 0.162 e. The van der Waals surface area contributed by atoms with E-state index in [1.54, 1.807) is 0 Å². The Morgan fingerprint density at radius 2 is 1.67 bits per heavy atom. The first-order chi connectivity index (χ1) is 10.1. The third-order valence-corrected chi connectivity index (χ3v) is 3.85. The number of hydrogen-bond acceptors (Lipinski definition) is 3. The lowest BCUT2D eigenvalue weighted by Crippen LogP contribution is -1.99. The first kappa shape index (κ1) is 13.6. The van der Waals surface area contributed by atoms with E-state index in [1.807, 2.05) is 7.05 Å². The summed E-state index contributed by atoms with van der Waals surface area (Å²) in [7, 11) is 1.90. The molecule has 0 saturated heterocycles. The van der Waals surface area contributed by atoms with Crippen molar-refractivity contribution in [2.75, 3.05) is 12.4 Å². The molecule has 1 heterocycles. The summed E-state index contributed by atoms with van der Waals surface area (Å²) in [5.74, 6) is 1.63. The van der Waals surface area contributed by atoms with Crippen molar-refractivity contribution in [2.24, 2.45) is 0 Å². The molecule has 3 aromatic rings. The fourth-order valence-corrected chi connectivity index (χ4v) is 2.44. The van der Waals surface area contributed by atoms with Gasteiger partial charge in [-0.25, -0.2) is 9.97 Å². The third kappa shape index (κ3) is 2.47. The molecule has 0 amide bonds. The van der Waals surface area contributed by atoms with Gasteiger partial charge < -0.3 is 5.32 Å². The molecular formula is C18H19N3. The maximum atomic E-state index is 4.71. The zero-order valence-corrected chi connectivity index (χ0v) is 12.9. The van der Waals surface area contributed by atoms with Crippen LogP contribution >= 0.6 is 0 Å². The number of rotatable bonds is 2. The molecule has 0 saturated carbocycles. The standard InChI is InChI=1S/C18H19N3/c1-11-5-8-16-15(9-11)18(19-4)21-17(20-16)14-7-6-12(2)13(3)10-14/h5-10H,1-4H3,(H,19,20,21). The second-order valence-corrected chi connectivity index (χ2v) is 5.47. The van der Waals surface area contributed by atoms with Crippen molar-refractivity contribution >= 4 is 16.7 Å². The van der Waals surface area contributed by atoms with Crippen molar-refractivity contribution in [3.05, 3.63) is 53.1 Å². The van der Waals surface area contributed by atoms with Gasteiger partial charge in [0.1, 0.15) is 5.82 Å². The van der Waals surface area contributed by atoms with Gasteiger partial charge in [-0.3, -0.25) is 0 Å². The maximum absolute atomic E-state index is 4.71. The Labute approximate surface area is 125 Å². The molecule has 0 aliphatic heterocycles. The van der Waals surface area contributed by atoms with E-state index in [0.717, 1.165) is 28.1 Å². The van der Waals surface area contributed by atoms with Crippen molar-refractivity contribution in [3.63, 3.8) is 0 Å². The largest absolute Gasteiger partial charge is 0.373 e. The molecule has 1 aromatic heterocycles. The molecule has 0 atom stereocenters. The quantitative estimate of drug-likeness (QED) is 0.760. The molecule has 0 fully saturated rings. The van der Waals surface area contributed by atoms with E-state index in [2.05, 4.69) is 67.5 Å². The lowest BCUT2D eigenvalue weighted by molar-refractivity contribution is 1.20. The normalized spacial score (nSPS) is 10.9. The zero-order valence-electron chi connectivity index (χ0n) is 12.9. The Morgan fingerprint density at radius 1 is 0.857 bits per heavy atom. The van der Waals surface area contributed by atoms with E-state index in [9.17, 15) is 0 Å². The highest BCUT2D eigenvalue weighted by molar-refractivity contribution is 5.91. The number of nitrogens with one attached hydrogen (secondary N) is 1. The molecule has 0 aliphatic rings. The molecule has 0 radical (unpaired) electrons. The van der Waals surface area contributed by atoms with Crippen LogP contribution < -0.4 is 5.32 Å².